The maximum atomic E-state index is 13.8. The molecule has 0 aliphatic rings. The Hall–Kier alpha value is -1.87. The molecule has 0 aliphatic carbocycles. The first-order valence-corrected chi connectivity index (χ1v) is 17.8. The van der Waals surface area contributed by atoms with Crippen LogP contribution in [0.1, 0.15) is 5.56 Å². The maximum Gasteiger partial charge on any atom is 1.00 e. The number of anilines is 2. The summed E-state index contributed by atoms with van der Waals surface area (Å²) in [5.41, 5.74) is -2.59. The summed E-state index contributed by atoms with van der Waals surface area (Å²) in [5, 5.41) is 34.7. The molecule has 5 rings (SSSR count). The molecule has 0 aliphatic heterocycles. The molecule has 0 spiro atoms. The molecule has 3 N–H and O–H groups in total. The third kappa shape index (κ3) is 11.1. The van der Waals surface area contributed by atoms with Crippen molar-refractivity contribution in [2.24, 2.45) is 15.2 Å². The molecule has 0 bridgehead atoms. The Labute approximate surface area is 371 Å². The van der Waals surface area contributed by atoms with E-state index in [2.05, 4.69) is 35.5 Å². The van der Waals surface area contributed by atoms with E-state index in [1.807, 2.05) is 0 Å². The van der Waals surface area contributed by atoms with E-state index in [1.165, 1.54) is 24.3 Å². The predicted molar refractivity (Wildman–Crippen MR) is 167 cm³/mol. The van der Waals surface area contributed by atoms with Crippen molar-refractivity contribution in [1.82, 2.24) is 15.0 Å². The van der Waals surface area contributed by atoms with Gasteiger partial charge in [0, 0.05) is 11.1 Å². The van der Waals surface area contributed by atoms with Crippen LogP contribution in [0.4, 0.5) is 28.7 Å². The minimum atomic E-state index is -5.38. The Kier molecular flexibility index (Phi) is 16.2. The van der Waals surface area contributed by atoms with E-state index in [-0.39, 0.29) is 116 Å². The second-order valence-corrected chi connectivity index (χ2v) is 14.3. The van der Waals surface area contributed by atoms with Crippen LogP contribution in [0.3, 0.4) is 0 Å². The van der Waals surface area contributed by atoms with Crippen molar-refractivity contribution >= 4 is 98.9 Å². The fourth-order valence-corrected chi connectivity index (χ4v) is 6.36. The minimum absolute atomic E-state index is 0. The van der Waals surface area contributed by atoms with Crippen LogP contribution in [0.25, 0.3) is 10.8 Å². The zero-order valence-electron chi connectivity index (χ0n) is 26.6. The number of hydrogen-bond acceptors (Lipinski definition) is 16. The van der Waals surface area contributed by atoms with Gasteiger partial charge in [0.05, 0.1) is 16.3 Å². The van der Waals surface area contributed by atoms with Gasteiger partial charge in [-0.1, -0.05) is 36.1 Å². The summed E-state index contributed by atoms with van der Waals surface area (Å²) in [5.74, 6) is -2.62. The van der Waals surface area contributed by atoms with Gasteiger partial charge in [-0.15, -0.1) is 10.2 Å². The quantitative estimate of drug-likeness (QED) is 0.0410. The van der Waals surface area contributed by atoms with Crippen molar-refractivity contribution in [2.45, 2.75) is 14.7 Å². The summed E-state index contributed by atoms with van der Waals surface area (Å²) >= 11 is 11.5. The second-order valence-electron chi connectivity index (χ2n) is 9.48. The van der Waals surface area contributed by atoms with Crippen molar-refractivity contribution in [3.05, 3.63) is 82.9 Å². The third-order valence-electron chi connectivity index (χ3n) is 6.22. The zero-order chi connectivity index (χ0) is 35.9. The standard InChI is InChI=1S/C26H17Cl2N7O11S3.3Na/c27-24-31-25(28)33-26(32-24)29-14-6-7-18(48(41,42)43)16(10-14)34-35-21-19(49(44,45)46)9-13-8-15(47(38,39)40)11-17(20(13)22(21)36)30-23(37)12-4-2-1-3-5-12;;;/h1-11,36H,(H,30,37)(H,38,39,40)(H,41,42,43)(H,44,45,46)(H,29,31,32,33);;;/q;3*+1/p-3. The van der Waals surface area contributed by atoms with E-state index in [0.29, 0.717) is 18.2 Å². The van der Waals surface area contributed by atoms with E-state index in [0.717, 1.165) is 18.2 Å². The van der Waals surface area contributed by atoms with Gasteiger partial charge >= 0.3 is 88.7 Å². The van der Waals surface area contributed by atoms with Crippen molar-refractivity contribution < 1.29 is 138 Å². The maximum absolute atomic E-state index is 13.8. The number of benzene rings is 4. The van der Waals surface area contributed by atoms with Crippen LogP contribution in [0.5, 0.6) is 5.75 Å². The molecule has 254 valence electrons. The third-order valence-corrected chi connectivity index (χ3v) is 9.14. The average molecular weight is 837 g/mol. The van der Waals surface area contributed by atoms with Crippen molar-refractivity contribution in [1.29, 1.82) is 0 Å². The SMILES string of the molecule is O=S(=O)([O-])c1cc(N=C([O-])c2ccccc2)c2c([O-])c(N=Nc3cc(Nc4nc(Cl)nc(Cl)n4)ccc3S(=O)(=O)O)c(S(=O)(=O)O)cc2c1.[Na+].[Na+].[Na+]. The van der Waals surface area contributed by atoms with E-state index < -0.39 is 84.5 Å². The van der Waals surface area contributed by atoms with Gasteiger partial charge in [-0.3, -0.25) is 14.1 Å². The summed E-state index contributed by atoms with van der Waals surface area (Å²) in [6.45, 7) is 0. The number of halogens is 2. The minimum Gasteiger partial charge on any atom is -0.870 e. The van der Waals surface area contributed by atoms with Crippen molar-refractivity contribution in [3.63, 3.8) is 0 Å². The number of aliphatic imine (C=N–C) groups is 1. The number of rotatable bonds is 9. The van der Waals surface area contributed by atoms with Gasteiger partial charge < -0.3 is 20.1 Å². The Morgan fingerprint density at radius 1 is 0.750 bits per heavy atom. The monoisotopic (exact) mass is 835 g/mol. The summed E-state index contributed by atoms with van der Waals surface area (Å²) in [7, 11) is -15.7. The van der Waals surface area contributed by atoms with E-state index in [1.54, 1.807) is 6.07 Å². The largest absolute Gasteiger partial charge is 1.00 e. The zero-order valence-corrected chi connectivity index (χ0v) is 36.5. The molecule has 18 nitrogen and oxygen atoms in total. The van der Waals surface area contributed by atoms with E-state index >= 15 is 0 Å². The molecular formula is C26H14Cl2N7Na3O11S3. The summed E-state index contributed by atoms with van der Waals surface area (Å²) in [4.78, 5) is 11.7. The number of fused-ring (bicyclic) bond motifs is 1. The number of azo groups is 1. The molecule has 0 radical (unpaired) electrons. The molecule has 5 aromatic rings. The first-order chi connectivity index (χ1) is 22.8. The molecule has 1 heterocycles. The van der Waals surface area contributed by atoms with E-state index in [9.17, 15) is 49.1 Å². The molecule has 0 atom stereocenters. The number of aromatic nitrogens is 3. The normalized spacial score (nSPS) is 12.1. The van der Waals surface area contributed by atoms with Crippen LogP contribution in [0.15, 0.2) is 96.6 Å². The molecule has 26 heteroatoms. The van der Waals surface area contributed by atoms with Crippen LogP contribution in [0.2, 0.25) is 10.6 Å². The van der Waals surface area contributed by atoms with Crippen LogP contribution >= 0.6 is 23.2 Å². The molecule has 0 amide bonds. The van der Waals surface area contributed by atoms with Gasteiger partial charge in [0.2, 0.25) is 16.5 Å². The van der Waals surface area contributed by atoms with E-state index in [4.69, 9.17) is 23.2 Å². The first kappa shape index (κ1) is 46.3. The predicted octanol–water partition coefficient (Wildman–Crippen LogP) is -5.59. The van der Waals surface area contributed by atoms with Gasteiger partial charge in [-0.2, -0.15) is 31.8 Å². The number of nitrogens with one attached hydrogen (secondary N) is 1. The molecule has 0 saturated carbocycles. The molecule has 0 fully saturated rings. The van der Waals surface area contributed by atoms with Crippen LogP contribution in [-0.2, 0) is 30.4 Å². The van der Waals surface area contributed by atoms with Gasteiger partial charge in [0.15, 0.2) is 0 Å². The molecule has 4 aromatic carbocycles. The Morgan fingerprint density at radius 3 is 1.90 bits per heavy atom. The molecular weight excluding hydrogens is 822 g/mol. The number of hydrogen-bond donors (Lipinski definition) is 3. The summed E-state index contributed by atoms with van der Waals surface area (Å²) in [6, 6.07) is 11.9. The Morgan fingerprint density at radius 2 is 1.35 bits per heavy atom. The second kappa shape index (κ2) is 18.2. The fraction of sp³-hybridized carbons (Fsp3) is 0. The first-order valence-electron chi connectivity index (χ1n) is 12.7. The smallest absolute Gasteiger partial charge is 0.870 e. The van der Waals surface area contributed by atoms with Crippen molar-refractivity contribution in [2.75, 3.05) is 5.32 Å². The topological polar surface area (TPSA) is 300 Å². The number of nitrogens with zero attached hydrogens (tertiary/aromatic N) is 6. The average Bonchev–Trinajstić information content (AvgIpc) is 2.98. The van der Waals surface area contributed by atoms with Gasteiger partial charge in [0.1, 0.15) is 25.6 Å². The molecule has 0 unspecified atom stereocenters. The summed E-state index contributed by atoms with van der Waals surface area (Å²) in [6.07, 6.45) is 0. The van der Waals surface area contributed by atoms with Crippen LogP contribution in [0, 0.1) is 0 Å². The van der Waals surface area contributed by atoms with Crippen LogP contribution < -0.4 is 104 Å². The van der Waals surface area contributed by atoms with Crippen LogP contribution in [-0.4, -0.2) is 59.8 Å². The Balaban J connectivity index is 0.00000312. The Bertz CT molecular complexity index is 2550. The molecule has 0 saturated heterocycles. The van der Waals surface area contributed by atoms with Gasteiger partial charge in [0.25, 0.3) is 20.2 Å². The molecule has 1 aromatic heterocycles. The van der Waals surface area contributed by atoms with Crippen molar-refractivity contribution in [3.8, 4) is 5.75 Å². The van der Waals surface area contributed by atoms with Gasteiger partial charge in [-0.05, 0) is 76.4 Å². The fourth-order valence-electron chi connectivity index (χ4n) is 4.21. The molecule has 52 heavy (non-hydrogen) atoms. The van der Waals surface area contributed by atoms with Gasteiger partial charge in [-0.25, -0.2) is 8.42 Å². The summed E-state index contributed by atoms with van der Waals surface area (Å²) < 4.78 is 104.